The second-order valence-electron chi connectivity index (χ2n) is 6.27. The number of ketones is 1. The van der Waals surface area contributed by atoms with Gasteiger partial charge in [-0.25, -0.2) is 9.69 Å². The Morgan fingerprint density at radius 2 is 1.68 bits per heavy atom. The van der Waals surface area contributed by atoms with Gasteiger partial charge in [-0.3, -0.25) is 19.3 Å². The van der Waals surface area contributed by atoms with Crippen LogP contribution in [0.4, 0.5) is 4.79 Å². The third-order valence-electron chi connectivity index (χ3n) is 3.85. The van der Waals surface area contributed by atoms with E-state index >= 15 is 0 Å². The van der Waals surface area contributed by atoms with Gasteiger partial charge in [0, 0.05) is 12.1 Å². The monoisotopic (exact) mass is 346 g/mol. The van der Waals surface area contributed by atoms with Crippen LogP contribution < -0.4 is 9.47 Å². The molecule has 1 aromatic carbocycles. The molecule has 0 N–H and O–H groups in total. The molecule has 0 atom stereocenters. The molecule has 132 valence electrons. The normalized spacial score (nSPS) is 16.8. The van der Waals surface area contributed by atoms with E-state index in [1.807, 2.05) is 13.8 Å². The molecule has 0 bridgehead atoms. The summed E-state index contributed by atoms with van der Waals surface area (Å²) in [6.07, 6.45) is 0. The minimum absolute atomic E-state index is 0.0224. The summed E-state index contributed by atoms with van der Waals surface area (Å²) in [5, 5.41) is 0. The van der Waals surface area contributed by atoms with Gasteiger partial charge in [-0.1, -0.05) is 13.8 Å². The van der Waals surface area contributed by atoms with Crippen molar-refractivity contribution in [3.8, 4) is 11.5 Å². The quantitative estimate of drug-likeness (QED) is 0.450. The number of nitrogens with zero attached hydrogens (tertiary/aromatic N) is 2. The van der Waals surface area contributed by atoms with Crippen molar-refractivity contribution in [2.24, 2.45) is 5.92 Å². The van der Waals surface area contributed by atoms with E-state index in [1.54, 1.807) is 6.07 Å². The van der Waals surface area contributed by atoms with Gasteiger partial charge in [0.15, 0.2) is 17.3 Å². The highest BCUT2D eigenvalue weighted by Crippen LogP contribution is 2.31. The first-order valence-corrected chi connectivity index (χ1v) is 7.98. The van der Waals surface area contributed by atoms with Gasteiger partial charge in [0.2, 0.25) is 0 Å². The summed E-state index contributed by atoms with van der Waals surface area (Å²) in [4.78, 5) is 50.2. The highest BCUT2D eigenvalue weighted by atomic mass is 16.6. The fourth-order valence-corrected chi connectivity index (χ4v) is 2.67. The SMILES string of the molecule is CC(C)CN1C(=O)C(=O)N(CC(=O)c2ccc3c(c2)OCCO3)C1=O. The van der Waals surface area contributed by atoms with Crippen LogP contribution in [0.15, 0.2) is 18.2 Å². The van der Waals surface area contributed by atoms with E-state index in [4.69, 9.17) is 9.47 Å². The Morgan fingerprint density at radius 3 is 2.36 bits per heavy atom. The van der Waals surface area contributed by atoms with E-state index in [9.17, 15) is 19.2 Å². The molecule has 8 heteroatoms. The predicted molar refractivity (Wildman–Crippen MR) is 85.4 cm³/mol. The maximum atomic E-state index is 12.4. The topological polar surface area (TPSA) is 93.2 Å². The molecule has 2 aliphatic rings. The smallest absolute Gasteiger partial charge is 0.334 e. The molecule has 2 aliphatic heterocycles. The summed E-state index contributed by atoms with van der Waals surface area (Å²) in [7, 11) is 0. The van der Waals surface area contributed by atoms with Crippen molar-refractivity contribution in [2.75, 3.05) is 26.3 Å². The molecule has 1 saturated heterocycles. The number of carbonyl (C=O) groups excluding carboxylic acids is 4. The molecule has 4 amide bonds. The van der Waals surface area contributed by atoms with Gasteiger partial charge in [0.05, 0.1) is 6.54 Å². The van der Waals surface area contributed by atoms with Gasteiger partial charge in [-0.15, -0.1) is 0 Å². The zero-order chi connectivity index (χ0) is 18.1. The van der Waals surface area contributed by atoms with Crippen molar-refractivity contribution in [1.82, 2.24) is 9.80 Å². The molecule has 0 unspecified atom stereocenters. The van der Waals surface area contributed by atoms with Crippen LogP contribution >= 0.6 is 0 Å². The lowest BCUT2D eigenvalue weighted by Gasteiger charge is -2.19. The molecule has 0 aromatic heterocycles. The number of fused-ring (bicyclic) bond motifs is 1. The van der Waals surface area contributed by atoms with E-state index in [0.29, 0.717) is 29.6 Å². The number of benzene rings is 1. The second-order valence-corrected chi connectivity index (χ2v) is 6.27. The molecule has 0 saturated carbocycles. The number of carbonyl (C=O) groups is 4. The third-order valence-corrected chi connectivity index (χ3v) is 3.85. The standard InChI is InChI=1S/C17H18N2O6/c1-10(2)8-18-15(21)16(22)19(17(18)23)9-12(20)11-3-4-13-14(7-11)25-6-5-24-13/h3-4,7,10H,5-6,8-9H2,1-2H3. The highest BCUT2D eigenvalue weighted by Gasteiger charge is 2.45. The maximum Gasteiger partial charge on any atom is 0.334 e. The van der Waals surface area contributed by atoms with E-state index in [2.05, 4.69) is 0 Å². The van der Waals surface area contributed by atoms with Crippen LogP contribution in [0.1, 0.15) is 24.2 Å². The number of hydrogen-bond acceptors (Lipinski definition) is 6. The third kappa shape index (κ3) is 3.19. The minimum Gasteiger partial charge on any atom is -0.486 e. The molecule has 0 aliphatic carbocycles. The summed E-state index contributed by atoms with van der Waals surface area (Å²) in [5.74, 6) is -1.33. The highest BCUT2D eigenvalue weighted by molar-refractivity contribution is 6.45. The van der Waals surface area contributed by atoms with Gasteiger partial charge < -0.3 is 9.47 Å². The molecular formula is C17H18N2O6. The number of urea groups is 1. The Balaban J connectivity index is 1.75. The largest absolute Gasteiger partial charge is 0.486 e. The average molecular weight is 346 g/mol. The summed E-state index contributed by atoms with van der Waals surface area (Å²) < 4.78 is 10.8. The first-order chi connectivity index (χ1) is 11.9. The van der Waals surface area contributed by atoms with Crippen LogP contribution in [0.25, 0.3) is 0 Å². The van der Waals surface area contributed by atoms with Crippen molar-refractivity contribution in [2.45, 2.75) is 13.8 Å². The molecule has 1 fully saturated rings. The lowest BCUT2D eigenvalue weighted by atomic mass is 10.1. The first kappa shape index (κ1) is 16.9. The minimum atomic E-state index is -0.975. The van der Waals surface area contributed by atoms with Gasteiger partial charge >= 0.3 is 17.8 Å². The lowest BCUT2D eigenvalue weighted by molar-refractivity contribution is -0.143. The van der Waals surface area contributed by atoms with Crippen molar-refractivity contribution in [3.63, 3.8) is 0 Å². The second kappa shape index (κ2) is 6.54. The van der Waals surface area contributed by atoms with Crippen LogP contribution in [0.2, 0.25) is 0 Å². The summed E-state index contributed by atoms with van der Waals surface area (Å²) in [6.45, 7) is 4.12. The predicted octanol–water partition coefficient (Wildman–Crippen LogP) is 1.09. The summed E-state index contributed by atoms with van der Waals surface area (Å²) in [6, 6.07) is 3.89. The van der Waals surface area contributed by atoms with Crippen molar-refractivity contribution in [1.29, 1.82) is 0 Å². The van der Waals surface area contributed by atoms with E-state index in [-0.39, 0.29) is 18.0 Å². The van der Waals surface area contributed by atoms with E-state index in [1.165, 1.54) is 12.1 Å². The van der Waals surface area contributed by atoms with Gasteiger partial charge in [0.1, 0.15) is 13.2 Å². The lowest BCUT2D eigenvalue weighted by Crippen LogP contribution is -2.38. The summed E-state index contributed by atoms with van der Waals surface area (Å²) in [5.41, 5.74) is 0.277. The Bertz CT molecular complexity index is 758. The summed E-state index contributed by atoms with van der Waals surface area (Å²) >= 11 is 0. The molecule has 0 spiro atoms. The zero-order valence-electron chi connectivity index (χ0n) is 14.0. The number of hydrogen-bond donors (Lipinski definition) is 0. The number of Topliss-reactive ketones (excluding diaryl/α,β-unsaturated/α-hetero) is 1. The van der Waals surface area contributed by atoms with Crippen LogP contribution in [0, 0.1) is 5.92 Å². The van der Waals surface area contributed by atoms with E-state index in [0.717, 1.165) is 4.90 Å². The molecule has 1 aromatic rings. The molecule has 3 rings (SSSR count). The van der Waals surface area contributed by atoms with Gasteiger partial charge in [-0.2, -0.15) is 0 Å². The fourth-order valence-electron chi connectivity index (χ4n) is 2.67. The van der Waals surface area contributed by atoms with Gasteiger partial charge in [-0.05, 0) is 24.1 Å². The maximum absolute atomic E-state index is 12.4. The molecular weight excluding hydrogens is 328 g/mol. The first-order valence-electron chi connectivity index (χ1n) is 7.98. The molecule has 2 heterocycles. The Morgan fingerprint density at radius 1 is 1.04 bits per heavy atom. The van der Waals surface area contributed by atoms with Crippen LogP contribution in [0.5, 0.6) is 11.5 Å². The van der Waals surface area contributed by atoms with Crippen LogP contribution in [0.3, 0.4) is 0 Å². The van der Waals surface area contributed by atoms with Crippen molar-refractivity contribution < 1.29 is 28.7 Å². The van der Waals surface area contributed by atoms with Gasteiger partial charge in [0.25, 0.3) is 0 Å². The van der Waals surface area contributed by atoms with Crippen molar-refractivity contribution in [3.05, 3.63) is 23.8 Å². The number of amides is 4. The Hall–Kier alpha value is -2.90. The van der Waals surface area contributed by atoms with Crippen LogP contribution in [-0.2, 0) is 9.59 Å². The number of ether oxygens (including phenoxy) is 2. The number of imide groups is 2. The van der Waals surface area contributed by atoms with E-state index < -0.39 is 30.2 Å². The van der Waals surface area contributed by atoms with Crippen LogP contribution in [-0.4, -0.2) is 59.7 Å². The average Bonchev–Trinajstić information content (AvgIpc) is 2.79. The fraction of sp³-hybridized carbons (Fsp3) is 0.412. The Labute approximate surface area is 144 Å². The molecule has 8 nitrogen and oxygen atoms in total. The zero-order valence-corrected chi connectivity index (χ0v) is 14.0. The molecule has 25 heavy (non-hydrogen) atoms. The Kier molecular flexibility index (Phi) is 4.43. The van der Waals surface area contributed by atoms with Crippen molar-refractivity contribution >= 4 is 23.6 Å². The number of rotatable bonds is 5. The molecule has 0 radical (unpaired) electrons.